The second kappa shape index (κ2) is 11.5. The van der Waals surface area contributed by atoms with Crippen molar-refractivity contribution in [1.82, 2.24) is 5.32 Å². The number of hydrogen-bond acceptors (Lipinski definition) is 1. The van der Waals surface area contributed by atoms with E-state index in [1.807, 2.05) is 0 Å². The summed E-state index contributed by atoms with van der Waals surface area (Å²) in [5.41, 5.74) is 3.99. The molecule has 0 spiro atoms. The first-order valence-electron chi connectivity index (χ1n) is 9.72. The Morgan fingerprint density at radius 2 is 1.54 bits per heavy atom. The van der Waals surface area contributed by atoms with E-state index in [9.17, 15) is 0 Å². The zero-order valence-electron chi connectivity index (χ0n) is 16.2. The summed E-state index contributed by atoms with van der Waals surface area (Å²) in [7, 11) is 0. The molecule has 24 heavy (non-hydrogen) atoms. The molecule has 3 heteroatoms. The number of nitrogens with one attached hydrogen (secondary N) is 2. The Kier molecular flexibility index (Phi) is 10.0. The van der Waals surface area contributed by atoms with Gasteiger partial charge in [0.05, 0.1) is 0 Å². The van der Waals surface area contributed by atoms with E-state index < -0.39 is 0 Å². The average molecular weight is 349 g/mol. The maximum atomic E-state index is 5.56. The molecule has 2 unspecified atom stereocenters. The fraction of sp³-hybridized carbons (Fsp3) is 0.667. The van der Waals surface area contributed by atoms with Crippen molar-refractivity contribution in [1.29, 1.82) is 0 Å². The van der Waals surface area contributed by atoms with E-state index in [1.54, 1.807) is 0 Å². The molecule has 1 aromatic rings. The van der Waals surface area contributed by atoms with E-state index in [0.29, 0.717) is 11.8 Å². The van der Waals surface area contributed by atoms with Gasteiger partial charge in [-0.3, -0.25) is 0 Å². The minimum atomic E-state index is 0.531. The van der Waals surface area contributed by atoms with E-state index in [1.165, 1.54) is 42.5 Å². The quantitative estimate of drug-likeness (QED) is 0.369. The second-order valence-corrected chi connectivity index (χ2v) is 7.28. The van der Waals surface area contributed by atoms with Gasteiger partial charge >= 0.3 is 0 Å². The van der Waals surface area contributed by atoms with Crippen molar-refractivity contribution in [2.45, 2.75) is 85.0 Å². The Balaban J connectivity index is 2.84. The van der Waals surface area contributed by atoms with Crippen molar-refractivity contribution in [2.75, 3.05) is 11.9 Å². The summed E-state index contributed by atoms with van der Waals surface area (Å²) in [6.45, 7) is 12.3. The van der Waals surface area contributed by atoms with Gasteiger partial charge in [0, 0.05) is 12.2 Å². The summed E-state index contributed by atoms with van der Waals surface area (Å²) < 4.78 is 0. The molecule has 2 atom stereocenters. The highest BCUT2D eigenvalue weighted by Gasteiger charge is 2.17. The molecule has 0 aliphatic heterocycles. The van der Waals surface area contributed by atoms with E-state index in [4.69, 9.17) is 12.2 Å². The third kappa shape index (κ3) is 6.43. The lowest BCUT2D eigenvalue weighted by Crippen LogP contribution is -2.30. The van der Waals surface area contributed by atoms with Crippen molar-refractivity contribution >= 4 is 23.0 Å². The van der Waals surface area contributed by atoms with Crippen molar-refractivity contribution in [2.24, 2.45) is 0 Å². The molecule has 0 saturated heterocycles. The van der Waals surface area contributed by atoms with Gasteiger partial charge in [0.25, 0.3) is 0 Å². The molecule has 0 fully saturated rings. The van der Waals surface area contributed by atoms with Gasteiger partial charge in [-0.2, -0.15) is 0 Å². The van der Waals surface area contributed by atoms with Crippen LogP contribution in [0.25, 0.3) is 0 Å². The molecular formula is C21H36N2S. The molecule has 1 aromatic carbocycles. The number of hydrogen-bond donors (Lipinski definition) is 2. The van der Waals surface area contributed by atoms with Crippen LogP contribution in [-0.2, 0) is 0 Å². The van der Waals surface area contributed by atoms with Crippen LogP contribution >= 0.6 is 12.2 Å². The van der Waals surface area contributed by atoms with E-state index in [0.717, 1.165) is 24.5 Å². The van der Waals surface area contributed by atoms with Crippen LogP contribution in [0.2, 0.25) is 0 Å². The summed E-state index contributed by atoms with van der Waals surface area (Å²) in [6, 6.07) is 6.67. The van der Waals surface area contributed by atoms with Gasteiger partial charge in [0.2, 0.25) is 0 Å². The Labute approximate surface area is 154 Å². The van der Waals surface area contributed by atoms with Crippen LogP contribution in [0.3, 0.4) is 0 Å². The highest BCUT2D eigenvalue weighted by molar-refractivity contribution is 7.80. The van der Waals surface area contributed by atoms with E-state index in [-0.39, 0.29) is 0 Å². The summed E-state index contributed by atoms with van der Waals surface area (Å²) in [5.74, 6) is 1.06. The van der Waals surface area contributed by atoms with Gasteiger partial charge in [0.1, 0.15) is 0 Å². The molecule has 2 nitrogen and oxygen atoms in total. The topological polar surface area (TPSA) is 24.1 Å². The van der Waals surface area contributed by atoms with Crippen LogP contribution in [0, 0.1) is 0 Å². The standard InChI is InChI=1S/C21H36N2S/c1-6-9-10-11-15-22-21(24)23-20-18(16(4)7-2)13-12-14-19(20)17(5)8-3/h12-14,16-17H,6-11,15H2,1-5H3,(H2,22,23,24). The van der Waals surface area contributed by atoms with Crippen molar-refractivity contribution in [3.63, 3.8) is 0 Å². The number of thiocarbonyl (C=S) groups is 1. The summed E-state index contributed by atoms with van der Waals surface area (Å²) in [4.78, 5) is 0. The predicted octanol–water partition coefficient (Wildman–Crippen LogP) is 6.58. The van der Waals surface area contributed by atoms with E-state index >= 15 is 0 Å². The molecule has 1 rings (SSSR count). The predicted molar refractivity (Wildman–Crippen MR) is 112 cm³/mol. The zero-order valence-corrected chi connectivity index (χ0v) is 17.1. The minimum absolute atomic E-state index is 0.531. The molecule has 2 N–H and O–H groups in total. The third-order valence-corrected chi connectivity index (χ3v) is 5.22. The monoisotopic (exact) mass is 348 g/mol. The van der Waals surface area contributed by atoms with Gasteiger partial charge in [-0.25, -0.2) is 0 Å². The lowest BCUT2D eigenvalue weighted by Gasteiger charge is -2.23. The number of benzene rings is 1. The third-order valence-electron chi connectivity index (χ3n) is 4.97. The van der Waals surface area contributed by atoms with Crippen LogP contribution in [0.15, 0.2) is 18.2 Å². The Bertz CT molecular complexity index is 470. The Morgan fingerprint density at radius 1 is 0.958 bits per heavy atom. The zero-order chi connectivity index (χ0) is 17.9. The number of rotatable bonds is 10. The molecular weight excluding hydrogens is 312 g/mol. The van der Waals surface area contributed by atoms with Crippen molar-refractivity contribution in [3.05, 3.63) is 29.3 Å². The van der Waals surface area contributed by atoms with Gasteiger partial charge < -0.3 is 10.6 Å². The van der Waals surface area contributed by atoms with Crippen molar-refractivity contribution in [3.8, 4) is 0 Å². The van der Waals surface area contributed by atoms with Crippen LogP contribution < -0.4 is 10.6 Å². The van der Waals surface area contributed by atoms with Gasteiger partial charge in [-0.05, 0) is 54.4 Å². The maximum Gasteiger partial charge on any atom is 0.170 e. The lowest BCUT2D eigenvalue weighted by atomic mass is 9.89. The Morgan fingerprint density at radius 3 is 2.04 bits per heavy atom. The molecule has 0 heterocycles. The van der Waals surface area contributed by atoms with E-state index in [2.05, 4.69) is 63.5 Å². The van der Waals surface area contributed by atoms with Crippen LogP contribution in [0.5, 0.6) is 0 Å². The van der Waals surface area contributed by atoms with Crippen molar-refractivity contribution < 1.29 is 0 Å². The number of unbranched alkanes of at least 4 members (excludes halogenated alkanes) is 3. The van der Waals surface area contributed by atoms with Crippen LogP contribution in [0.1, 0.15) is 96.1 Å². The first kappa shape index (κ1) is 21.0. The van der Waals surface area contributed by atoms with Crippen LogP contribution in [-0.4, -0.2) is 11.7 Å². The fourth-order valence-electron chi connectivity index (χ4n) is 2.91. The van der Waals surface area contributed by atoms with Gasteiger partial charge in [-0.1, -0.05) is 72.1 Å². The SMILES string of the molecule is CCCCCCNC(=S)Nc1c(C(C)CC)cccc1C(C)CC. The molecule has 0 radical (unpaired) electrons. The Hall–Kier alpha value is -1.09. The number of para-hydroxylation sites is 1. The summed E-state index contributed by atoms with van der Waals surface area (Å²) in [5, 5.41) is 7.66. The summed E-state index contributed by atoms with van der Waals surface area (Å²) >= 11 is 5.56. The molecule has 0 saturated carbocycles. The highest BCUT2D eigenvalue weighted by Crippen LogP contribution is 2.34. The number of anilines is 1. The highest BCUT2D eigenvalue weighted by atomic mass is 32.1. The first-order chi connectivity index (χ1) is 11.5. The second-order valence-electron chi connectivity index (χ2n) is 6.87. The maximum absolute atomic E-state index is 5.56. The fourth-order valence-corrected chi connectivity index (χ4v) is 3.11. The van der Waals surface area contributed by atoms with Gasteiger partial charge in [0.15, 0.2) is 5.11 Å². The lowest BCUT2D eigenvalue weighted by molar-refractivity contribution is 0.655. The first-order valence-corrected chi connectivity index (χ1v) is 10.1. The van der Waals surface area contributed by atoms with Gasteiger partial charge in [-0.15, -0.1) is 0 Å². The molecule has 0 amide bonds. The largest absolute Gasteiger partial charge is 0.362 e. The summed E-state index contributed by atoms with van der Waals surface area (Å²) in [6.07, 6.45) is 7.29. The molecule has 0 aromatic heterocycles. The minimum Gasteiger partial charge on any atom is -0.362 e. The average Bonchev–Trinajstić information content (AvgIpc) is 2.60. The normalized spacial score (nSPS) is 13.4. The van der Waals surface area contributed by atoms with Crippen LogP contribution in [0.4, 0.5) is 5.69 Å². The molecule has 136 valence electrons. The smallest absolute Gasteiger partial charge is 0.170 e. The molecule has 0 aliphatic rings. The molecule has 0 bridgehead atoms. The molecule has 0 aliphatic carbocycles.